The van der Waals surface area contributed by atoms with E-state index in [0.29, 0.717) is 0 Å². The van der Waals surface area contributed by atoms with Crippen LogP contribution in [0.3, 0.4) is 0 Å². The van der Waals surface area contributed by atoms with Gasteiger partial charge in [0.15, 0.2) is 0 Å². The molecule has 0 bridgehead atoms. The minimum Gasteiger partial charge on any atom is -0.319 e. The Balaban J connectivity index is 0.00000196. The van der Waals surface area contributed by atoms with Gasteiger partial charge in [-0.15, -0.1) is 12.4 Å². The molecule has 0 radical (unpaired) electrons. The Labute approximate surface area is 107 Å². The second-order valence-electron chi connectivity index (χ2n) is 2.62. The van der Waals surface area contributed by atoms with Crippen molar-refractivity contribution in [1.29, 1.82) is 0 Å². The molecule has 0 unspecified atom stereocenters. The summed E-state index contributed by atoms with van der Waals surface area (Å²) < 4.78 is 24.6. The lowest BCUT2D eigenvalue weighted by Crippen LogP contribution is -2.19. The van der Waals surface area contributed by atoms with Crippen molar-refractivity contribution in [1.82, 2.24) is 0 Å². The molecule has 1 aromatic carbocycles. The molecule has 0 aliphatic carbocycles. The van der Waals surface area contributed by atoms with Gasteiger partial charge in [0.25, 0.3) is 6.43 Å². The topological polar surface area (TPSA) is 26.0 Å². The van der Waals surface area contributed by atoms with E-state index >= 15 is 0 Å². The van der Waals surface area contributed by atoms with Crippen LogP contribution in [0, 0.1) is 0 Å². The van der Waals surface area contributed by atoms with E-state index in [4.69, 9.17) is 40.5 Å². The van der Waals surface area contributed by atoms with Crippen LogP contribution in [-0.2, 0) is 0 Å². The highest BCUT2D eigenvalue weighted by molar-refractivity contribution is 6.44. The van der Waals surface area contributed by atoms with Crippen LogP contribution < -0.4 is 5.73 Å². The maximum atomic E-state index is 12.3. The summed E-state index contributed by atoms with van der Waals surface area (Å²) >= 11 is 17.0. The summed E-state index contributed by atoms with van der Waals surface area (Å²) in [7, 11) is 0. The number of nitrogens with two attached hydrogens (primary N) is 1. The summed E-state index contributed by atoms with van der Waals surface area (Å²) in [5, 5.41) is 0.223. The van der Waals surface area contributed by atoms with Crippen molar-refractivity contribution in [3.8, 4) is 0 Å². The van der Waals surface area contributed by atoms with Crippen molar-refractivity contribution in [3.05, 3.63) is 32.8 Å². The van der Waals surface area contributed by atoms with E-state index in [-0.39, 0.29) is 33.0 Å². The third-order valence-electron chi connectivity index (χ3n) is 1.68. The maximum Gasteiger partial charge on any atom is 0.257 e. The Morgan fingerprint density at radius 1 is 1.07 bits per heavy atom. The van der Waals surface area contributed by atoms with Gasteiger partial charge in [0, 0.05) is 10.6 Å². The van der Waals surface area contributed by atoms with Gasteiger partial charge in [-0.25, -0.2) is 8.78 Å². The van der Waals surface area contributed by atoms with Crippen LogP contribution in [-0.4, -0.2) is 6.43 Å². The van der Waals surface area contributed by atoms with Gasteiger partial charge < -0.3 is 5.73 Å². The van der Waals surface area contributed by atoms with Crippen LogP contribution >= 0.6 is 47.2 Å². The van der Waals surface area contributed by atoms with Gasteiger partial charge in [0.2, 0.25) is 0 Å². The SMILES string of the molecule is Cl.N[C@@H](c1c(Cl)ccc(Cl)c1Cl)C(F)F. The third-order valence-corrected chi connectivity index (χ3v) is 2.83. The molecule has 0 heterocycles. The van der Waals surface area contributed by atoms with Crippen LogP contribution in [0.5, 0.6) is 0 Å². The average Bonchev–Trinajstić information content (AvgIpc) is 2.12. The van der Waals surface area contributed by atoms with Crippen molar-refractivity contribution in [2.45, 2.75) is 12.5 Å². The van der Waals surface area contributed by atoms with Crippen LogP contribution in [0.25, 0.3) is 0 Å². The lowest BCUT2D eigenvalue weighted by atomic mass is 10.1. The Kier molecular flexibility index (Phi) is 6.14. The third kappa shape index (κ3) is 3.33. The van der Waals surface area contributed by atoms with Gasteiger partial charge in [-0.05, 0) is 12.1 Å². The summed E-state index contributed by atoms with van der Waals surface area (Å²) in [5.74, 6) is 0. The number of alkyl halides is 2. The molecule has 0 fully saturated rings. The molecule has 15 heavy (non-hydrogen) atoms. The fourth-order valence-electron chi connectivity index (χ4n) is 0.974. The largest absolute Gasteiger partial charge is 0.319 e. The Morgan fingerprint density at radius 2 is 1.53 bits per heavy atom. The van der Waals surface area contributed by atoms with Crippen LogP contribution in [0.4, 0.5) is 8.78 Å². The molecule has 0 aliphatic heterocycles. The second-order valence-corrected chi connectivity index (χ2v) is 3.81. The molecule has 0 saturated carbocycles. The van der Waals surface area contributed by atoms with Gasteiger partial charge >= 0.3 is 0 Å². The number of hydrogen-bond acceptors (Lipinski definition) is 1. The molecular weight excluding hydrogens is 290 g/mol. The minimum absolute atomic E-state index is 0. The van der Waals surface area contributed by atoms with Crippen LogP contribution in [0.2, 0.25) is 15.1 Å². The van der Waals surface area contributed by atoms with Crippen molar-refractivity contribution < 1.29 is 8.78 Å². The van der Waals surface area contributed by atoms with Gasteiger partial charge in [-0.3, -0.25) is 0 Å². The molecule has 0 aliphatic rings. The van der Waals surface area contributed by atoms with Gasteiger partial charge in [0.1, 0.15) is 0 Å². The normalized spacial score (nSPS) is 12.5. The van der Waals surface area contributed by atoms with Crippen molar-refractivity contribution in [2.24, 2.45) is 5.73 Å². The average molecular weight is 297 g/mol. The smallest absolute Gasteiger partial charge is 0.257 e. The summed E-state index contributed by atoms with van der Waals surface area (Å²) in [6, 6.07) is 1.29. The Morgan fingerprint density at radius 3 is 2.00 bits per heavy atom. The first-order valence-corrected chi connectivity index (χ1v) is 4.75. The molecule has 2 N–H and O–H groups in total. The van der Waals surface area contributed by atoms with E-state index < -0.39 is 12.5 Å². The highest BCUT2D eigenvalue weighted by Crippen LogP contribution is 2.36. The predicted octanol–water partition coefficient (Wildman–Crippen LogP) is 4.33. The lowest BCUT2D eigenvalue weighted by Gasteiger charge is -2.14. The summed E-state index contributed by atoms with van der Waals surface area (Å²) in [5.41, 5.74) is 5.21. The standard InChI is InChI=1S/C8H6Cl3F2N.ClH/c9-3-1-2-4(10)6(11)5(3)7(14)8(12)13;/h1-2,7-8H,14H2;1H/t7-;/m0./s1. The molecule has 0 spiro atoms. The molecule has 1 nitrogen and oxygen atoms in total. The van der Waals surface area contributed by atoms with Crippen LogP contribution in [0.15, 0.2) is 12.1 Å². The van der Waals surface area contributed by atoms with Crippen molar-refractivity contribution in [2.75, 3.05) is 0 Å². The molecule has 0 amide bonds. The second kappa shape index (κ2) is 6.06. The predicted molar refractivity (Wildman–Crippen MR) is 61.7 cm³/mol. The molecule has 86 valence electrons. The van der Waals surface area contributed by atoms with Crippen LogP contribution in [0.1, 0.15) is 11.6 Å². The highest BCUT2D eigenvalue weighted by Gasteiger charge is 2.24. The van der Waals surface area contributed by atoms with Crippen molar-refractivity contribution in [3.63, 3.8) is 0 Å². The monoisotopic (exact) mass is 295 g/mol. The van der Waals surface area contributed by atoms with E-state index in [9.17, 15) is 8.78 Å². The molecule has 0 aromatic heterocycles. The minimum atomic E-state index is -2.73. The lowest BCUT2D eigenvalue weighted by molar-refractivity contribution is 0.116. The number of benzene rings is 1. The molecule has 1 rings (SSSR count). The highest BCUT2D eigenvalue weighted by atomic mass is 35.5. The van der Waals surface area contributed by atoms with E-state index in [1.165, 1.54) is 12.1 Å². The fraction of sp³-hybridized carbons (Fsp3) is 0.250. The Bertz CT molecular complexity index is 346. The molecule has 1 aromatic rings. The summed E-state index contributed by atoms with van der Waals surface area (Å²) in [6.07, 6.45) is -2.73. The van der Waals surface area contributed by atoms with Crippen molar-refractivity contribution >= 4 is 47.2 Å². The van der Waals surface area contributed by atoms with E-state index in [0.717, 1.165) is 0 Å². The Hall–Kier alpha value is 0.200. The first-order valence-electron chi connectivity index (χ1n) is 3.62. The molecule has 1 atom stereocenters. The maximum absolute atomic E-state index is 12.3. The first-order chi connectivity index (χ1) is 6.45. The number of hydrogen-bond donors (Lipinski definition) is 1. The van der Waals surface area contributed by atoms with E-state index in [1.54, 1.807) is 0 Å². The number of halogens is 6. The van der Waals surface area contributed by atoms with E-state index in [1.807, 2.05) is 0 Å². The molecule has 0 saturated heterocycles. The molecular formula is C8H7Cl4F2N. The van der Waals surface area contributed by atoms with Gasteiger partial charge in [0.05, 0.1) is 16.1 Å². The van der Waals surface area contributed by atoms with E-state index in [2.05, 4.69) is 0 Å². The zero-order valence-electron chi connectivity index (χ0n) is 7.18. The van der Waals surface area contributed by atoms with Gasteiger partial charge in [-0.2, -0.15) is 0 Å². The first kappa shape index (κ1) is 15.2. The zero-order valence-corrected chi connectivity index (χ0v) is 10.3. The fourth-order valence-corrected chi connectivity index (χ4v) is 1.76. The van der Waals surface area contributed by atoms with Gasteiger partial charge in [-0.1, -0.05) is 34.8 Å². The molecule has 7 heteroatoms. The number of rotatable bonds is 2. The quantitative estimate of drug-likeness (QED) is 0.808. The summed E-state index contributed by atoms with van der Waals surface area (Å²) in [6.45, 7) is 0. The summed E-state index contributed by atoms with van der Waals surface area (Å²) in [4.78, 5) is 0. The zero-order chi connectivity index (χ0) is 10.9.